The summed E-state index contributed by atoms with van der Waals surface area (Å²) in [5.41, 5.74) is 4.06. The molecule has 0 radical (unpaired) electrons. The fourth-order valence-corrected chi connectivity index (χ4v) is 7.47. The van der Waals surface area contributed by atoms with Gasteiger partial charge in [-0.1, -0.05) is 12.1 Å². The van der Waals surface area contributed by atoms with Crippen molar-refractivity contribution in [3.63, 3.8) is 0 Å². The Kier molecular flexibility index (Phi) is 2.76. The molecule has 4 atom stereocenters. The van der Waals surface area contributed by atoms with E-state index in [4.69, 9.17) is 9.72 Å². The summed E-state index contributed by atoms with van der Waals surface area (Å²) < 4.78 is 6.52. The number of rotatable bonds is 0. The van der Waals surface area contributed by atoms with Gasteiger partial charge in [0, 0.05) is 29.0 Å². The monoisotopic (exact) mass is 427 g/mol. The van der Waals surface area contributed by atoms with Gasteiger partial charge in [0.15, 0.2) is 17.6 Å². The molecule has 2 aliphatic carbocycles. The lowest BCUT2D eigenvalue weighted by Crippen LogP contribution is -2.74. The Balaban J connectivity index is 1.50. The van der Waals surface area contributed by atoms with E-state index in [9.17, 15) is 15.0 Å². The number of carbonyl (C=O) groups is 1. The zero-order chi connectivity index (χ0) is 21.6. The van der Waals surface area contributed by atoms with Crippen LogP contribution in [0.4, 0.5) is 5.69 Å². The van der Waals surface area contributed by atoms with E-state index in [1.165, 1.54) is 0 Å². The number of hydrogen-bond acceptors (Lipinski definition) is 6. The quantitative estimate of drug-likeness (QED) is 0.510. The molecule has 1 amide bonds. The van der Waals surface area contributed by atoms with Gasteiger partial charge in [-0.05, 0) is 50.2 Å². The van der Waals surface area contributed by atoms with E-state index in [1.807, 2.05) is 24.3 Å². The van der Waals surface area contributed by atoms with Crippen LogP contribution in [0, 0.1) is 0 Å². The molecule has 8 rings (SSSR count). The van der Waals surface area contributed by atoms with Crippen molar-refractivity contribution in [3.8, 4) is 11.5 Å². The van der Waals surface area contributed by atoms with E-state index < -0.39 is 17.1 Å². The molecule has 2 bridgehead atoms. The van der Waals surface area contributed by atoms with Crippen molar-refractivity contribution >= 4 is 22.5 Å². The number of fused-ring (bicyclic) bond motifs is 3. The summed E-state index contributed by atoms with van der Waals surface area (Å²) in [6, 6.07) is 9.17. The summed E-state index contributed by atoms with van der Waals surface area (Å²) in [4.78, 5) is 20.0. The van der Waals surface area contributed by atoms with Gasteiger partial charge in [0.2, 0.25) is 0 Å². The first-order valence-corrected chi connectivity index (χ1v) is 11.2. The molecule has 3 N–H and O–H groups in total. The number of aromatic hydroxyl groups is 1. The predicted molar refractivity (Wildman–Crippen MR) is 116 cm³/mol. The average Bonchev–Trinajstić information content (AvgIpc) is 3.30. The Morgan fingerprint density at radius 1 is 1.28 bits per heavy atom. The number of likely N-dealkylation sites (tertiary alicyclic amines) is 1. The largest absolute Gasteiger partial charge is 0.504 e. The van der Waals surface area contributed by atoms with Crippen molar-refractivity contribution in [2.75, 3.05) is 18.9 Å². The zero-order valence-corrected chi connectivity index (χ0v) is 17.5. The molecular weight excluding hydrogens is 406 g/mol. The third-order valence-electron chi connectivity index (χ3n) is 8.80. The number of nitrogens with zero attached hydrogens (tertiary/aromatic N) is 2. The maximum absolute atomic E-state index is 12.7. The number of phenols is 1. The van der Waals surface area contributed by atoms with E-state index in [0.29, 0.717) is 30.6 Å². The fraction of sp³-hybridized carbons (Fsp3) is 0.360. The van der Waals surface area contributed by atoms with Crippen molar-refractivity contribution in [1.29, 1.82) is 0 Å². The van der Waals surface area contributed by atoms with Crippen LogP contribution in [-0.2, 0) is 18.3 Å². The summed E-state index contributed by atoms with van der Waals surface area (Å²) in [7, 11) is 2.07. The summed E-state index contributed by atoms with van der Waals surface area (Å²) in [6.07, 6.45) is 1.28. The summed E-state index contributed by atoms with van der Waals surface area (Å²) in [5, 5.41) is 27.1. The summed E-state index contributed by atoms with van der Waals surface area (Å²) >= 11 is 0. The van der Waals surface area contributed by atoms with Crippen LogP contribution in [0.25, 0.3) is 10.9 Å². The number of anilines is 1. The number of amides is 1. The molecule has 1 saturated heterocycles. The maximum atomic E-state index is 12.7. The van der Waals surface area contributed by atoms with Crippen molar-refractivity contribution in [2.24, 2.45) is 0 Å². The number of hydrogen-bond donors (Lipinski definition) is 3. The summed E-state index contributed by atoms with van der Waals surface area (Å²) in [5.74, 6) is 0.456. The van der Waals surface area contributed by atoms with Crippen molar-refractivity contribution in [1.82, 2.24) is 9.88 Å². The maximum Gasteiger partial charge on any atom is 0.256 e. The van der Waals surface area contributed by atoms with Gasteiger partial charge in [0.05, 0.1) is 33.5 Å². The average molecular weight is 427 g/mol. The highest BCUT2D eigenvalue weighted by Gasteiger charge is 2.72. The number of carbonyl (C=O) groups excluding carboxylic acids is 1. The second-order valence-electron chi connectivity index (χ2n) is 9.97. The van der Waals surface area contributed by atoms with Crippen LogP contribution in [0.15, 0.2) is 30.3 Å². The molecular formula is C25H21N3O4. The first kappa shape index (κ1) is 17.4. The molecule has 1 aromatic heterocycles. The molecule has 1 spiro atoms. The van der Waals surface area contributed by atoms with Crippen LogP contribution in [0.5, 0.6) is 11.5 Å². The third-order valence-corrected chi connectivity index (χ3v) is 8.80. The smallest absolute Gasteiger partial charge is 0.256 e. The molecule has 2 aromatic carbocycles. The number of piperidine rings is 1. The highest BCUT2D eigenvalue weighted by molar-refractivity contribution is 6.24. The highest BCUT2D eigenvalue weighted by Crippen LogP contribution is 2.69. The molecule has 3 aliphatic heterocycles. The lowest BCUT2D eigenvalue weighted by Gasteiger charge is -2.62. The predicted octanol–water partition coefficient (Wildman–Crippen LogP) is 2.42. The van der Waals surface area contributed by atoms with E-state index in [-0.39, 0.29) is 17.7 Å². The van der Waals surface area contributed by atoms with Crippen LogP contribution in [0.2, 0.25) is 0 Å². The third kappa shape index (κ3) is 1.60. The minimum absolute atomic E-state index is 0.0891. The van der Waals surface area contributed by atoms with Gasteiger partial charge in [0.1, 0.15) is 0 Å². The van der Waals surface area contributed by atoms with Gasteiger partial charge in [0.25, 0.3) is 5.91 Å². The van der Waals surface area contributed by atoms with Crippen LogP contribution in [0.1, 0.15) is 45.3 Å². The number of phenolic OH excluding ortho intramolecular Hbond substituents is 1. The lowest BCUT2D eigenvalue weighted by molar-refractivity contribution is -0.167. The van der Waals surface area contributed by atoms with Crippen LogP contribution >= 0.6 is 0 Å². The number of benzene rings is 2. The normalized spacial score (nSPS) is 33.0. The minimum Gasteiger partial charge on any atom is -0.504 e. The van der Waals surface area contributed by atoms with E-state index >= 15 is 0 Å². The number of aliphatic hydroxyl groups is 1. The van der Waals surface area contributed by atoms with Gasteiger partial charge in [-0.3, -0.25) is 4.79 Å². The van der Waals surface area contributed by atoms with Gasteiger partial charge < -0.3 is 25.2 Å². The number of nitrogens with one attached hydrogen (secondary N) is 1. The Morgan fingerprint density at radius 3 is 3.03 bits per heavy atom. The fourth-order valence-electron chi connectivity index (χ4n) is 7.47. The molecule has 160 valence electrons. The Morgan fingerprint density at radius 2 is 2.16 bits per heavy atom. The van der Waals surface area contributed by atoms with Crippen LogP contribution < -0.4 is 10.1 Å². The molecule has 5 aliphatic rings. The number of aromatic nitrogens is 1. The second-order valence-corrected chi connectivity index (χ2v) is 9.97. The van der Waals surface area contributed by atoms with E-state index in [2.05, 4.69) is 17.3 Å². The van der Waals surface area contributed by atoms with Crippen LogP contribution in [0.3, 0.4) is 0 Å². The minimum atomic E-state index is -1.10. The first-order valence-electron chi connectivity index (χ1n) is 11.2. The van der Waals surface area contributed by atoms with Crippen molar-refractivity contribution in [3.05, 3.63) is 58.3 Å². The standard InChI is InChI=1S/C25H21N3O4/c1-28-8-7-24-18-11-5-6-15(29)21(18)32-22(24)20-13(10-25(24,31)16(28)9-11)19-17-12(23(30)27-19)3-2-4-14(17)26-20/h2-6,16,22,29,31H,7-10H2,1H3,(H,27,30)/t16-,22+,24+,25-/m1/s1. The first-order chi connectivity index (χ1) is 15.4. The van der Waals surface area contributed by atoms with Crippen molar-refractivity contribution < 1.29 is 19.7 Å². The zero-order valence-electron chi connectivity index (χ0n) is 17.5. The van der Waals surface area contributed by atoms with E-state index in [0.717, 1.165) is 45.5 Å². The molecule has 7 heteroatoms. The molecule has 0 unspecified atom stereocenters. The van der Waals surface area contributed by atoms with Crippen molar-refractivity contribution in [2.45, 2.75) is 42.4 Å². The molecule has 3 aromatic rings. The SMILES string of the molecule is CN1CC[C@]23c4c5ccc(O)c4O[C@H]2c2nc4cccc6c4c(c2C[C@@]3(O)[C@H]1C5)NC6=O. The highest BCUT2D eigenvalue weighted by atomic mass is 16.5. The topological polar surface area (TPSA) is 94.9 Å². The van der Waals surface area contributed by atoms with E-state index in [1.54, 1.807) is 6.07 Å². The number of pyridine rings is 1. The molecule has 32 heavy (non-hydrogen) atoms. The van der Waals surface area contributed by atoms with Gasteiger partial charge in [-0.15, -0.1) is 0 Å². The molecule has 0 saturated carbocycles. The molecule has 7 nitrogen and oxygen atoms in total. The number of likely N-dealkylation sites (N-methyl/N-ethyl adjacent to an activating group) is 1. The summed E-state index contributed by atoms with van der Waals surface area (Å²) in [6.45, 7) is 0.831. The molecule has 1 fully saturated rings. The van der Waals surface area contributed by atoms with Gasteiger partial charge in [-0.25, -0.2) is 4.98 Å². The van der Waals surface area contributed by atoms with Gasteiger partial charge in [-0.2, -0.15) is 0 Å². The number of ether oxygens (including phenoxy) is 1. The molecule has 4 heterocycles. The Bertz CT molecular complexity index is 1430. The Labute approximate surface area is 183 Å². The van der Waals surface area contributed by atoms with Gasteiger partial charge >= 0.3 is 0 Å². The van der Waals surface area contributed by atoms with Crippen LogP contribution in [-0.4, -0.2) is 51.2 Å². The Hall–Kier alpha value is -3.16. The second kappa shape index (κ2) is 5.08. The lowest BCUT2D eigenvalue weighted by atomic mass is 9.49.